The lowest BCUT2D eigenvalue weighted by Crippen LogP contribution is -2.59. The van der Waals surface area contributed by atoms with Crippen LogP contribution < -0.4 is 10.6 Å². The van der Waals surface area contributed by atoms with Gasteiger partial charge in [0.25, 0.3) is 0 Å². The first kappa shape index (κ1) is 26.5. The lowest BCUT2D eigenvalue weighted by atomic mass is 9.76. The van der Waals surface area contributed by atoms with Gasteiger partial charge in [0.15, 0.2) is 0 Å². The van der Waals surface area contributed by atoms with Crippen LogP contribution in [0.5, 0.6) is 0 Å². The van der Waals surface area contributed by atoms with Gasteiger partial charge in [0.1, 0.15) is 5.41 Å². The summed E-state index contributed by atoms with van der Waals surface area (Å²) in [6.45, 7) is 8.41. The first-order chi connectivity index (χ1) is 15.5. The minimum Gasteiger partial charge on any atom is -0.388 e. The van der Waals surface area contributed by atoms with Crippen LogP contribution in [0.25, 0.3) is 0 Å². The number of nitrogens with one attached hydrogen (secondary N) is 2. The normalized spacial score (nSPS) is 25.3. The van der Waals surface area contributed by atoms with Gasteiger partial charge in [-0.05, 0) is 63.2 Å². The molecule has 0 saturated heterocycles. The van der Waals surface area contributed by atoms with Crippen molar-refractivity contribution in [2.45, 2.75) is 141 Å². The molecular formula is C27H48N2O4. The monoisotopic (exact) mass is 464 g/mol. The number of rotatable bonds is 10. The molecule has 3 aliphatic rings. The lowest BCUT2D eigenvalue weighted by Gasteiger charge is -2.42. The average Bonchev–Trinajstić information content (AvgIpc) is 3.55. The van der Waals surface area contributed by atoms with Crippen LogP contribution in [0, 0.1) is 17.3 Å². The van der Waals surface area contributed by atoms with Crippen molar-refractivity contribution >= 4 is 11.8 Å². The highest BCUT2D eigenvalue weighted by Gasteiger charge is 2.58. The minimum atomic E-state index is -1.06. The van der Waals surface area contributed by atoms with E-state index in [0.29, 0.717) is 63.2 Å². The number of aliphatic hydroxyl groups is 2. The van der Waals surface area contributed by atoms with Gasteiger partial charge in [0.2, 0.25) is 11.8 Å². The molecule has 0 bridgehead atoms. The summed E-state index contributed by atoms with van der Waals surface area (Å²) in [4.78, 5) is 26.9. The van der Waals surface area contributed by atoms with Crippen LogP contribution in [-0.2, 0) is 9.59 Å². The second-order valence-electron chi connectivity index (χ2n) is 12.2. The summed E-state index contributed by atoms with van der Waals surface area (Å²) < 4.78 is 0. The molecule has 3 aliphatic carbocycles. The fraction of sp³-hybridized carbons (Fsp3) is 0.926. The van der Waals surface area contributed by atoms with Crippen LogP contribution in [0.2, 0.25) is 0 Å². The van der Waals surface area contributed by atoms with Crippen molar-refractivity contribution in [3.05, 3.63) is 0 Å². The standard InChI is InChI=1S/C27H48N2O4/c1-19(2)17-21(26(32)11-7-5-8-12-26)28-23(30)25(15-16-25)24(31)29-22(18-20(3)4)27(33)13-9-6-10-14-27/h19-22,32-33H,5-18H2,1-4H3,(H,28,30)(H,29,31)/t21-,22-/m1/s1. The highest BCUT2D eigenvalue weighted by molar-refractivity contribution is 6.08. The molecule has 3 saturated carbocycles. The first-order valence-corrected chi connectivity index (χ1v) is 13.6. The average molecular weight is 465 g/mol. The van der Waals surface area contributed by atoms with Crippen LogP contribution in [0.15, 0.2) is 0 Å². The summed E-state index contributed by atoms with van der Waals surface area (Å²) >= 11 is 0. The Bertz CT molecular complexity index is 620. The van der Waals surface area contributed by atoms with Crippen LogP contribution >= 0.6 is 0 Å². The molecule has 0 radical (unpaired) electrons. The van der Waals surface area contributed by atoms with Crippen LogP contribution in [0.3, 0.4) is 0 Å². The first-order valence-electron chi connectivity index (χ1n) is 13.6. The SMILES string of the molecule is CC(C)C[C@@H](NC(=O)C1(C(=O)N[C@H](CC(C)C)C2(O)CCCCC2)CC1)C1(O)CCCCC1. The maximum atomic E-state index is 13.5. The van der Waals surface area contributed by atoms with E-state index in [9.17, 15) is 19.8 Å². The molecule has 2 atom stereocenters. The van der Waals surface area contributed by atoms with Gasteiger partial charge in [0, 0.05) is 0 Å². The molecule has 4 N–H and O–H groups in total. The van der Waals surface area contributed by atoms with Crippen LogP contribution in [-0.4, -0.2) is 45.3 Å². The maximum Gasteiger partial charge on any atom is 0.236 e. The van der Waals surface area contributed by atoms with Crippen molar-refractivity contribution in [1.82, 2.24) is 10.6 Å². The van der Waals surface area contributed by atoms with Crippen molar-refractivity contribution in [3.63, 3.8) is 0 Å². The van der Waals surface area contributed by atoms with E-state index >= 15 is 0 Å². The molecule has 6 heteroatoms. The molecule has 0 aliphatic heterocycles. The van der Waals surface area contributed by atoms with Crippen LogP contribution in [0.1, 0.15) is 118 Å². The zero-order valence-corrected chi connectivity index (χ0v) is 21.4. The summed E-state index contributed by atoms with van der Waals surface area (Å²) in [7, 11) is 0. The Morgan fingerprint density at radius 3 is 1.24 bits per heavy atom. The molecule has 33 heavy (non-hydrogen) atoms. The molecule has 3 rings (SSSR count). The van der Waals surface area contributed by atoms with Crippen molar-refractivity contribution in [3.8, 4) is 0 Å². The quantitative estimate of drug-likeness (QED) is 0.364. The Morgan fingerprint density at radius 2 is 0.970 bits per heavy atom. The summed E-state index contributed by atoms with van der Waals surface area (Å²) in [5.41, 5.74) is -2.83. The van der Waals surface area contributed by atoms with Gasteiger partial charge in [-0.15, -0.1) is 0 Å². The van der Waals surface area contributed by atoms with Gasteiger partial charge < -0.3 is 20.8 Å². The Labute approximate surface area is 200 Å². The fourth-order valence-corrected chi connectivity index (χ4v) is 6.07. The molecule has 0 spiro atoms. The summed E-state index contributed by atoms with van der Waals surface area (Å²) in [5, 5.41) is 29.0. The number of hydrogen-bond donors (Lipinski definition) is 4. The Balaban J connectivity index is 1.71. The maximum absolute atomic E-state index is 13.5. The molecule has 3 fully saturated rings. The van der Waals surface area contributed by atoms with Gasteiger partial charge in [0.05, 0.1) is 23.3 Å². The van der Waals surface area contributed by atoms with E-state index in [4.69, 9.17) is 0 Å². The molecule has 0 aromatic carbocycles. The highest BCUT2D eigenvalue weighted by atomic mass is 16.3. The van der Waals surface area contributed by atoms with Gasteiger partial charge in [-0.3, -0.25) is 9.59 Å². The van der Waals surface area contributed by atoms with Gasteiger partial charge in [-0.1, -0.05) is 66.2 Å². The molecule has 0 aromatic heterocycles. The number of carbonyl (C=O) groups excluding carboxylic acids is 2. The zero-order chi connectivity index (χ0) is 24.3. The Kier molecular flexibility index (Phi) is 8.53. The number of amides is 2. The third kappa shape index (κ3) is 6.30. The summed E-state index contributed by atoms with van der Waals surface area (Å²) in [6.07, 6.45) is 11.4. The van der Waals surface area contributed by atoms with Gasteiger partial charge in [-0.2, -0.15) is 0 Å². The predicted molar refractivity (Wildman–Crippen MR) is 131 cm³/mol. The molecule has 0 aromatic rings. The molecule has 0 heterocycles. The van der Waals surface area contributed by atoms with Crippen molar-refractivity contribution in [2.75, 3.05) is 0 Å². The van der Waals surface area contributed by atoms with Gasteiger partial charge >= 0.3 is 0 Å². The van der Waals surface area contributed by atoms with Crippen molar-refractivity contribution in [2.24, 2.45) is 17.3 Å². The zero-order valence-electron chi connectivity index (χ0n) is 21.4. The highest BCUT2D eigenvalue weighted by Crippen LogP contribution is 2.47. The molecule has 2 amide bonds. The van der Waals surface area contributed by atoms with Crippen molar-refractivity contribution in [1.29, 1.82) is 0 Å². The van der Waals surface area contributed by atoms with E-state index in [-0.39, 0.29) is 23.9 Å². The predicted octanol–water partition coefficient (Wildman–Crippen LogP) is 4.22. The second kappa shape index (κ2) is 10.6. The molecule has 6 nitrogen and oxygen atoms in total. The minimum absolute atomic E-state index is 0.247. The van der Waals surface area contributed by atoms with E-state index in [2.05, 4.69) is 38.3 Å². The van der Waals surface area contributed by atoms with E-state index in [1.165, 1.54) is 0 Å². The number of hydrogen-bond acceptors (Lipinski definition) is 4. The molecule has 190 valence electrons. The third-order valence-electron chi connectivity index (χ3n) is 8.38. The molecular weight excluding hydrogens is 416 g/mol. The Hall–Kier alpha value is -1.14. The third-order valence-corrected chi connectivity index (χ3v) is 8.38. The number of carbonyl (C=O) groups is 2. The topological polar surface area (TPSA) is 98.7 Å². The van der Waals surface area contributed by atoms with E-state index in [1.54, 1.807) is 0 Å². The van der Waals surface area contributed by atoms with E-state index in [1.807, 2.05) is 0 Å². The van der Waals surface area contributed by atoms with Crippen molar-refractivity contribution < 1.29 is 19.8 Å². The summed E-state index contributed by atoms with van der Waals surface area (Å²) in [5.74, 6) is 0.176. The second-order valence-corrected chi connectivity index (χ2v) is 12.2. The fourth-order valence-electron chi connectivity index (χ4n) is 6.07. The smallest absolute Gasteiger partial charge is 0.236 e. The summed E-state index contributed by atoms with van der Waals surface area (Å²) in [6, 6.07) is -0.658. The van der Waals surface area contributed by atoms with Gasteiger partial charge in [-0.25, -0.2) is 0 Å². The van der Waals surface area contributed by atoms with E-state index < -0.39 is 16.6 Å². The lowest BCUT2D eigenvalue weighted by molar-refractivity contribution is -0.142. The Morgan fingerprint density at radius 1 is 0.636 bits per heavy atom. The van der Waals surface area contributed by atoms with E-state index in [0.717, 1.165) is 38.5 Å². The van der Waals surface area contributed by atoms with Crippen LogP contribution in [0.4, 0.5) is 0 Å². The largest absolute Gasteiger partial charge is 0.388 e. The molecule has 0 unspecified atom stereocenters.